The molecule has 2 heterocycles. The summed E-state index contributed by atoms with van der Waals surface area (Å²) in [6.45, 7) is 7.06. The molecule has 2 unspecified atom stereocenters. The largest absolute Gasteiger partial charge is 0.316 e. The molecule has 4 heteroatoms. The Morgan fingerprint density at radius 2 is 2.14 bits per heavy atom. The van der Waals surface area contributed by atoms with Crippen LogP contribution in [0.3, 0.4) is 0 Å². The van der Waals surface area contributed by atoms with E-state index in [1.54, 1.807) is 0 Å². The normalized spacial score (nSPS) is 28.7. The summed E-state index contributed by atoms with van der Waals surface area (Å²) in [6, 6.07) is 6.66. The van der Waals surface area contributed by atoms with E-state index in [1.165, 1.54) is 57.4 Å². The van der Waals surface area contributed by atoms with Gasteiger partial charge in [0.1, 0.15) is 0 Å². The smallest absolute Gasteiger partial charge is 0.0464 e. The Morgan fingerprint density at radius 3 is 2.86 bits per heavy atom. The number of halogens is 2. The lowest BCUT2D eigenvalue weighted by molar-refractivity contribution is 0.0416. The molecule has 1 N–H and O–H groups in total. The first-order chi connectivity index (χ1) is 10.1. The molecular weight excluding hydrogens is 348 g/mol. The number of nitrogens with zero attached hydrogens (tertiary/aromatic N) is 1. The first-order valence-electron chi connectivity index (χ1n) is 7.99. The van der Waals surface area contributed by atoms with E-state index in [9.17, 15) is 0 Å². The lowest BCUT2D eigenvalue weighted by Gasteiger charge is -2.47. The molecule has 2 aliphatic rings. The second-order valence-corrected chi connectivity index (χ2v) is 8.02. The molecule has 0 bridgehead atoms. The zero-order chi connectivity index (χ0) is 14.9. The Bertz CT molecular complexity index is 494. The molecule has 1 spiro atoms. The van der Waals surface area contributed by atoms with Crippen LogP contribution in [0, 0.1) is 5.41 Å². The fraction of sp³-hybridized carbons (Fsp3) is 0.647. The van der Waals surface area contributed by atoms with Gasteiger partial charge in [0, 0.05) is 28.6 Å². The van der Waals surface area contributed by atoms with Gasteiger partial charge >= 0.3 is 0 Å². The minimum atomic E-state index is 0.393. The van der Waals surface area contributed by atoms with Crippen molar-refractivity contribution in [1.29, 1.82) is 0 Å². The molecule has 0 radical (unpaired) electrons. The molecule has 2 saturated heterocycles. The number of likely N-dealkylation sites (tertiary alicyclic amines) is 1. The zero-order valence-electron chi connectivity index (χ0n) is 12.7. The van der Waals surface area contributed by atoms with Crippen molar-refractivity contribution >= 4 is 27.5 Å². The highest BCUT2D eigenvalue weighted by molar-refractivity contribution is 9.10. The van der Waals surface area contributed by atoms with Crippen LogP contribution in [0.2, 0.25) is 5.02 Å². The Morgan fingerprint density at radius 1 is 1.33 bits per heavy atom. The average molecular weight is 372 g/mol. The van der Waals surface area contributed by atoms with Gasteiger partial charge in [0.15, 0.2) is 0 Å². The average Bonchev–Trinajstić information content (AvgIpc) is 2.47. The number of hydrogen-bond donors (Lipinski definition) is 1. The van der Waals surface area contributed by atoms with Crippen LogP contribution in [0.4, 0.5) is 0 Å². The van der Waals surface area contributed by atoms with Crippen molar-refractivity contribution in [3.8, 4) is 0 Å². The molecule has 3 rings (SSSR count). The van der Waals surface area contributed by atoms with Crippen molar-refractivity contribution < 1.29 is 0 Å². The molecule has 1 aromatic rings. The second-order valence-electron chi connectivity index (χ2n) is 6.70. The molecule has 2 aliphatic heterocycles. The van der Waals surface area contributed by atoms with E-state index in [1.807, 2.05) is 6.07 Å². The topological polar surface area (TPSA) is 15.3 Å². The molecule has 2 fully saturated rings. The highest BCUT2D eigenvalue weighted by atomic mass is 79.9. The quantitative estimate of drug-likeness (QED) is 0.815. The SMILES string of the molecule is CC(c1ccc(Br)cc1Cl)N1CCCC2(CCCNC2)C1. The van der Waals surface area contributed by atoms with Gasteiger partial charge in [-0.2, -0.15) is 0 Å². The third kappa shape index (κ3) is 3.47. The van der Waals surface area contributed by atoms with Crippen LogP contribution in [0.1, 0.15) is 44.2 Å². The van der Waals surface area contributed by atoms with Gasteiger partial charge in [-0.05, 0) is 68.8 Å². The minimum Gasteiger partial charge on any atom is -0.316 e. The molecular formula is C17H24BrClN2. The summed E-state index contributed by atoms with van der Waals surface area (Å²) < 4.78 is 1.05. The summed E-state index contributed by atoms with van der Waals surface area (Å²) in [7, 11) is 0. The van der Waals surface area contributed by atoms with Gasteiger partial charge in [0.2, 0.25) is 0 Å². The van der Waals surface area contributed by atoms with E-state index in [0.29, 0.717) is 11.5 Å². The minimum absolute atomic E-state index is 0.393. The summed E-state index contributed by atoms with van der Waals surface area (Å²) in [5.74, 6) is 0. The van der Waals surface area contributed by atoms with E-state index in [0.717, 1.165) is 9.50 Å². The molecule has 116 valence electrons. The second kappa shape index (κ2) is 6.57. The summed E-state index contributed by atoms with van der Waals surface area (Å²) in [4.78, 5) is 2.63. The van der Waals surface area contributed by atoms with E-state index in [4.69, 9.17) is 11.6 Å². The molecule has 0 saturated carbocycles. The van der Waals surface area contributed by atoms with Gasteiger partial charge in [-0.25, -0.2) is 0 Å². The van der Waals surface area contributed by atoms with Gasteiger partial charge in [-0.15, -0.1) is 0 Å². The Labute approximate surface area is 141 Å². The van der Waals surface area contributed by atoms with Crippen LogP contribution < -0.4 is 5.32 Å². The van der Waals surface area contributed by atoms with Gasteiger partial charge in [-0.3, -0.25) is 4.90 Å². The molecule has 21 heavy (non-hydrogen) atoms. The predicted octanol–water partition coefficient (Wildman–Crippen LogP) is 4.63. The van der Waals surface area contributed by atoms with Crippen LogP contribution in [-0.2, 0) is 0 Å². The molecule has 0 aliphatic carbocycles. The fourth-order valence-electron chi connectivity index (χ4n) is 3.99. The maximum atomic E-state index is 6.45. The van der Waals surface area contributed by atoms with Crippen molar-refractivity contribution in [2.24, 2.45) is 5.41 Å². The molecule has 1 aromatic carbocycles. The van der Waals surface area contributed by atoms with Gasteiger partial charge in [-0.1, -0.05) is 33.6 Å². The maximum absolute atomic E-state index is 6.45. The van der Waals surface area contributed by atoms with Gasteiger partial charge < -0.3 is 5.32 Å². The highest BCUT2D eigenvalue weighted by Crippen LogP contribution is 2.40. The molecule has 2 nitrogen and oxygen atoms in total. The predicted molar refractivity (Wildman–Crippen MR) is 92.9 cm³/mol. The van der Waals surface area contributed by atoms with Crippen LogP contribution >= 0.6 is 27.5 Å². The van der Waals surface area contributed by atoms with Crippen molar-refractivity contribution in [3.05, 3.63) is 33.3 Å². The van der Waals surface area contributed by atoms with Crippen LogP contribution in [-0.4, -0.2) is 31.1 Å². The van der Waals surface area contributed by atoms with Crippen molar-refractivity contribution in [2.75, 3.05) is 26.2 Å². The van der Waals surface area contributed by atoms with E-state index in [-0.39, 0.29) is 0 Å². The van der Waals surface area contributed by atoms with Crippen LogP contribution in [0.5, 0.6) is 0 Å². The Hall–Kier alpha value is -0.0900. The molecule has 2 atom stereocenters. The number of nitrogens with one attached hydrogen (secondary N) is 1. The van der Waals surface area contributed by atoms with E-state index in [2.05, 4.69) is 45.2 Å². The first-order valence-corrected chi connectivity index (χ1v) is 9.16. The Kier molecular flexibility index (Phi) is 4.94. The fourth-order valence-corrected chi connectivity index (χ4v) is 4.82. The summed E-state index contributed by atoms with van der Waals surface area (Å²) >= 11 is 9.94. The highest BCUT2D eigenvalue weighted by Gasteiger charge is 2.38. The number of piperidine rings is 2. The summed E-state index contributed by atoms with van der Waals surface area (Å²) in [6.07, 6.45) is 5.37. The van der Waals surface area contributed by atoms with Gasteiger partial charge in [0.05, 0.1) is 0 Å². The lowest BCUT2D eigenvalue weighted by atomic mass is 9.74. The lowest BCUT2D eigenvalue weighted by Crippen LogP contribution is -2.51. The van der Waals surface area contributed by atoms with Crippen molar-refractivity contribution in [3.63, 3.8) is 0 Å². The molecule has 0 amide bonds. The van der Waals surface area contributed by atoms with E-state index >= 15 is 0 Å². The number of rotatable bonds is 2. The van der Waals surface area contributed by atoms with Crippen LogP contribution in [0.15, 0.2) is 22.7 Å². The van der Waals surface area contributed by atoms with Gasteiger partial charge in [0.25, 0.3) is 0 Å². The monoisotopic (exact) mass is 370 g/mol. The van der Waals surface area contributed by atoms with Crippen LogP contribution in [0.25, 0.3) is 0 Å². The maximum Gasteiger partial charge on any atom is 0.0464 e. The molecule has 0 aromatic heterocycles. The van der Waals surface area contributed by atoms with E-state index < -0.39 is 0 Å². The first kappa shape index (κ1) is 15.8. The third-order valence-electron chi connectivity index (χ3n) is 5.21. The van der Waals surface area contributed by atoms with Crippen molar-refractivity contribution in [2.45, 2.75) is 38.6 Å². The number of benzene rings is 1. The third-order valence-corrected chi connectivity index (χ3v) is 6.03. The van der Waals surface area contributed by atoms with Crippen molar-refractivity contribution in [1.82, 2.24) is 10.2 Å². The standard InChI is InChI=1S/C17H24BrClN2/c1-13(15-5-4-14(18)10-16(15)19)21-9-3-7-17(12-21)6-2-8-20-11-17/h4-5,10,13,20H,2-3,6-9,11-12H2,1H3. The zero-order valence-corrected chi connectivity index (χ0v) is 15.0. The summed E-state index contributed by atoms with van der Waals surface area (Å²) in [5.41, 5.74) is 1.74. The summed E-state index contributed by atoms with van der Waals surface area (Å²) in [5, 5.41) is 4.48. The number of hydrogen-bond acceptors (Lipinski definition) is 2. The Balaban J connectivity index is 1.76.